The van der Waals surface area contributed by atoms with Gasteiger partial charge < -0.3 is 0 Å². The maximum Gasteiger partial charge on any atom is 0 e. The molecule has 0 rings (SSSR count). The second-order valence-corrected chi connectivity index (χ2v) is 0.577. The summed E-state index contributed by atoms with van der Waals surface area (Å²) in [6.45, 7) is 4.00. The van der Waals surface area contributed by atoms with E-state index >= 15 is 0 Å². The van der Waals surface area contributed by atoms with Crippen LogP contribution in [0.15, 0.2) is 0 Å². The average molecular weight is 74.1 g/mol. The molecular weight excluding hydrogens is 63.0 g/mol. The fourth-order valence-electron chi connectivity index (χ4n) is 0. The first kappa shape index (κ1) is 8.82. The van der Waals surface area contributed by atoms with Crippen LogP contribution in [-0.2, 0) is 0 Å². The summed E-state index contributed by atoms with van der Waals surface area (Å²) >= 11 is 0. The maximum absolute atomic E-state index is 2.00. The zero-order chi connectivity index (χ0) is 2.71. The lowest BCUT2D eigenvalue weighted by atomic mass is 10.6. The Morgan fingerprint density at radius 1 is 1.50 bits per heavy atom. The molecule has 4 heavy (non-hydrogen) atoms. The lowest BCUT2D eigenvalue weighted by molar-refractivity contribution is 1.41. The van der Waals surface area contributed by atoms with Crippen LogP contribution >= 0.6 is 0 Å². The maximum atomic E-state index is 2.00. The van der Waals surface area contributed by atoms with Crippen LogP contribution in [0.4, 0.5) is 0 Å². The lowest BCUT2D eigenvalue weighted by Crippen LogP contribution is -1.30. The summed E-state index contributed by atoms with van der Waals surface area (Å²) in [4.78, 5) is 0. The molecule has 0 fully saturated rings. The van der Waals surface area contributed by atoms with Gasteiger partial charge in [0, 0.05) is 20.2 Å². The minimum absolute atomic E-state index is 0. The minimum Gasteiger partial charge on any atom is -0.0625 e. The molecule has 0 aliphatic rings. The van der Waals surface area contributed by atoms with Crippen LogP contribution in [0.5, 0.6) is 0 Å². The fourth-order valence-corrected chi connectivity index (χ4v) is 0. The highest BCUT2D eigenvalue weighted by Gasteiger charge is 1.36. The Bertz CT molecular complexity index is 8.75. The molecule has 0 aromatic rings. The Morgan fingerprint density at radius 3 is 1.50 bits per heavy atom. The Hall–Kier alpha value is 0.532. The molecule has 0 N–H and O–H groups in total. The third kappa shape index (κ3) is 21.0. The Kier molecular flexibility index (Phi) is 21.3. The van der Waals surface area contributed by atoms with Gasteiger partial charge in [-0.1, -0.05) is 13.8 Å². The van der Waals surface area contributed by atoms with Gasteiger partial charge in [-0.25, -0.2) is 0 Å². The summed E-state index contributed by atoms with van der Waals surface area (Å²) in [5, 5.41) is 0. The van der Waals surface area contributed by atoms with Crippen LogP contribution < -0.4 is 0 Å². The van der Waals surface area contributed by atoms with Crippen LogP contribution in [0.1, 0.15) is 16.7 Å². The van der Waals surface area contributed by atoms with Crippen molar-refractivity contribution < 1.29 is 2.85 Å². The van der Waals surface area contributed by atoms with E-state index in [1.165, 1.54) is 0 Å². The zero-order valence-electron chi connectivity index (χ0n) is 3.15. The van der Waals surface area contributed by atoms with Crippen LogP contribution in [-0.4, -0.2) is 17.4 Å². The van der Waals surface area contributed by atoms with Gasteiger partial charge in [0.15, 0.2) is 0 Å². The molecule has 0 unspecified atom stereocenters. The molecule has 0 atom stereocenters. The number of hydrogen-bond donors (Lipinski definition) is 0. The summed E-state index contributed by atoms with van der Waals surface area (Å²) in [7, 11) is 0. The van der Waals surface area contributed by atoms with Crippen molar-refractivity contribution in [2.45, 2.75) is 13.8 Å². The summed E-state index contributed by atoms with van der Waals surface area (Å²) in [6, 6.07) is 0. The molecule has 0 saturated carbocycles. The van der Waals surface area contributed by atoms with Gasteiger partial charge in [-0.2, -0.15) is 0 Å². The first-order chi connectivity index (χ1) is 1.41. The first-order valence-corrected chi connectivity index (χ1v) is 1.15. The van der Waals surface area contributed by atoms with E-state index in [0.717, 1.165) is 0 Å². The van der Waals surface area contributed by atoms with Crippen molar-refractivity contribution in [1.82, 2.24) is 0 Å². The topological polar surface area (TPSA) is 0 Å². The van der Waals surface area contributed by atoms with Gasteiger partial charge in [0.05, 0.1) is 0 Å². The molecule has 0 aromatic carbocycles. The summed E-state index contributed by atoms with van der Waals surface area (Å²) in [5.41, 5.74) is 0. The van der Waals surface area contributed by atoms with Crippen molar-refractivity contribution >= 4 is 17.4 Å². The predicted octanol–water partition coefficient (Wildman–Crippen LogP) is 1.34. The summed E-state index contributed by atoms with van der Waals surface area (Å²) in [6.07, 6.45) is 2.00. The van der Waals surface area contributed by atoms with Gasteiger partial charge in [-0.15, -0.1) is 0 Å². The molecule has 1 heteroatoms. The van der Waals surface area contributed by atoms with Gasteiger partial charge in [0.25, 0.3) is 0 Å². The van der Waals surface area contributed by atoms with Gasteiger partial charge in [-0.05, 0) is 6.42 Å². The van der Waals surface area contributed by atoms with Crippen molar-refractivity contribution in [2.75, 3.05) is 0 Å². The third-order valence-electron chi connectivity index (χ3n) is 0. The number of hydrogen-bond acceptors (Lipinski definition) is 0. The van der Waals surface area contributed by atoms with Crippen LogP contribution in [0.25, 0.3) is 0 Å². The molecule has 0 spiro atoms. The molecule has 0 heterocycles. The van der Waals surface area contributed by atoms with Crippen molar-refractivity contribution in [1.29, 1.82) is 0 Å². The number of rotatable bonds is 0. The molecule has 0 amide bonds. The molecule has 0 bridgehead atoms. The summed E-state index contributed by atoms with van der Waals surface area (Å²) in [5.74, 6) is 0. The Labute approximate surface area is 41.3 Å². The van der Waals surface area contributed by atoms with E-state index in [9.17, 15) is 0 Å². The molecule has 0 saturated heterocycles. The Morgan fingerprint density at radius 2 is 1.50 bits per heavy atom. The molecular formula is C3H11Al. The van der Waals surface area contributed by atoms with Crippen molar-refractivity contribution in [3.05, 3.63) is 6.42 Å². The second kappa shape index (κ2) is 9.65. The normalized spacial score (nSPS) is 4.50. The molecule has 0 aromatic heterocycles. The Balaban J connectivity index is -0.00000000667. The van der Waals surface area contributed by atoms with E-state index < -0.39 is 0 Å². The smallest absolute Gasteiger partial charge is 0 e. The van der Waals surface area contributed by atoms with Crippen molar-refractivity contribution in [2.24, 2.45) is 0 Å². The minimum atomic E-state index is 0. The van der Waals surface area contributed by atoms with Crippen LogP contribution in [0.2, 0.25) is 0 Å². The SMILES string of the molecule is C[CH]C.[Al].[HH].[HH]. The fraction of sp³-hybridized carbons (Fsp3) is 0.667. The monoisotopic (exact) mass is 74.1 g/mol. The molecule has 0 aliphatic heterocycles. The third-order valence-corrected chi connectivity index (χ3v) is 0. The molecule has 0 aliphatic carbocycles. The molecule has 26 valence electrons. The predicted molar refractivity (Wildman–Crippen MR) is 25.6 cm³/mol. The highest BCUT2D eigenvalue weighted by molar-refractivity contribution is 5.75. The quantitative estimate of drug-likeness (QED) is 0.380. The molecule has 4 radical (unpaired) electrons. The zero-order valence-corrected chi connectivity index (χ0v) is 4.31. The van der Waals surface area contributed by atoms with E-state index in [-0.39, 0.29) is 20.2 Å². The van der Waals surface area contributed by atoms with E-state index in [1.807, 2.05) is 20.3 Å². The standard InChI is InChI=1S/C3H7.Al.2H2/c1-3-2;;;/h3H,1-2H3;;2*1H. The summed E-state index contributed by atoms with van der Waals surface area (Å²) < 4.78 is 0. The van der Waals surface area contributed by atoms with Crippen molar-refractivity contribution in [3.8, 4) is 0 Å². The van der Waals surface area contributed by atoms with Crippen LogP contribution in [0.3, 0.4) is 0 Å². The first-order valence-electron chi connectivity index (χ1n) is 1.15. The lowest BCUT2D eigenvalue weighted by Gasteiger charge is -1.47. The largest absolute Gasteiger partial charge is 0.0625 e. The van der Waals surface area contributed by atoms with E-state index in [1.54, 1.807) is 0 Å². The van der Waals surface area contributed by atoms with E-state index in [0.29, 0.717) is 0 Å². The van der Waals surface area contributed by atoms with Gasteiger partial charge >= 0.3 is 0 Å². The second-order valence-electron chi connectivity index (χ2n) is 0.577. The molecule has 0 nitrogen and oxygen atoms in total. The van der Waals surface area contributed by atoms with Gasteiger partial charge in [0.1, 0.15) is 0 Å². The van der Waals surface area contributed by atoms with Crippen LogP contribution in [0, 0.1) is 6.42 Å². The van der Waals surface area contributed by atoms with E-state index in [4.69, 9.17) is 0 Å². The highest BCUT2D eigenvalue weighted by atomic mass is 27.0. The average Bonchev–Trinajstić information content (AvgIpc) is 0.918. The van der Waals surface area contributed by atoms with Gasteiger partial charge in [-0.3, -0.25) is 0 Å². The highest BCUT2D eigenvalue weighted by Crippen LogP contribution is 1.53. The van der Waals surface area contributed by atoms with E-state index in [2.05, 4.69) is 0 Å². The van der Waals surface area contributed by atoms with Crippen molar-refractivity contribution in [3.63, 3.8) is 0 Å². The van der Waals surface area contributed by atoms with Gasteiger partial charge in [0.2, 0.25) is 0 Å².